The van der Waals surface area contributed by atoms with E-state index >= 15 is 0 Å². The molecule has 0 unspecified atom stereocenters. The molecule has 1 aromatic heterocycles. The summed E-state index contributed by atoms with van der Waals surface area (Å²) in [6, 6.07) is 3.78. The number of nitrogens with zero attached hydrogens (tertiary/aromatic N) is 1. The van der Waals surface area contributed by atoms with Gasteiger partial charge in [0.2, 0.25) is 5.91 Å². The van der Waals surface area contributed by atoms with Crippen molar-refractivity contribution in [2.45, 2.75) is 33.2 Å². The molecule has 0 atom stereocenters. The van der Waals surface area contributed by atoms with Gasteiger partial charge in [-0.15, -0.1) is 24.8 Å². The summed E-state index contributed by atoms with van der Waals surface area (Å²) < 4.78 is 0. The zero-order valence-corrected chi connectivity index (χ0v) is 13.0. The van der Waals surface area contributed by atoms with Crippen molar-refractivity contribution in [3.8, 4) is 0 Å². The molecule has 0 aliphatic carbocycles. The Kier molecular flexibility index (Phi) is 10.8. The SMILES string of the molecule is CCC(CC)(CN)C(=O)NCc1ccncc1.Cl.Cl. The van der Waals surface area contributed by atoms with E-state index in [1.165, 1.54) is 0 Å². The van der Waals surface area contributed by atoms with E-state index in [1.807, 2.05) is 26.0 Å². The van der Waals surface area contributed by atoms with Crippen LogP contribution >= 0.6 is 24.8 Å². The Morgan fingerprint density at radius 1 is 1.26 bits per heavy atom. The second-order valence-corrected chi connectivity index (χ2v) is 4.23. The molecule has 0 saturated carbocycles. The quantitative estimate of drug-likeness (QED) is 0.847. The maximum atomic E-state index is 12.1. The van der Waals surface area contributed by atoms with Gasteiger partial charge in [0.05, 0.1) is 5.41 Å². The van der Waals surface area contributed by atoms with Crippen LogP contribution in [0.15, 0.2) is 24.5 Å². The van der Waals surface area contributed by atoms with E-state index in [2.05, 4.69) is 10.3 Å². The van der Waals surface area contributed by atoms with E-state index in [4.69, 9.17) is 5.73 Å². The van der Waals surface area contributed by atoms with Crippen LogP contribution < -0.4 is 11.1 Å². The van der Waals surface area contributed by atoms with Crippen LogP contribution in [0.5, 0.6) is 0 Å². The number of pyridine rings is 1. The minimum atomic E-state index is -0.424. The van der Waals surface area contributed by atoms with Crippen LogP contribution in [0, 0.1) is 5.41 Å². The van der Waals surface area contributed by atoms with Crippen LogP contribution in [0.2, 0.25) is 0 Å². The second-order valence-electron chi connectivity index (χ2n) is 4.23. The van der Waals surface area contributed by atoms with Crippen molar-refractivity contribution in [1.29, 1.82) is 0 Å². The van der Waals surface area contributed by atoms with Crippen LogP contribution in [0.3, 0.4) is 0 Å². The van der Waals surface area contributed by atoms with Crippen molar-refractivity contribution in [1.82, 2.24) is 10.3 Å². The third kappa shape index (κ3) is 5.35. The Bertz CT molecular complexity index is 348. The predicted molar refractivity (Wildman–Crippen MR) is 82.6 cm³/mol. The largest absolute Gasteiger partial charge is 0.352 e. The summed E-state index contributed by atoms with van der Waals surface area (Å²) >= 11 is 0. The van der Waals surface area contributed by atoms with Crippen molar-refractivity contribution in [3.05, 3.63) is 30.1 Å². The van der Waals surface area contributed by atoms with Gasteiger partial charge in [-0.3, -0.25) is 9.78 Å². The Balaban J connectivity index is 0. The number of hydrogen-bond donors (Lipinski definition) is 2. The fraction of sp³-hybridized carbons (Fsp3) is 0.538. The second kappa shape index (κ2) is 10.0. The molecule has 19 heavy (non-hydrogen) atoms. The number of hydrogen-bond acceptors (Lipinski definition) is 3. The summed E-state index contributed by atoms with van der Waals surface area (Å²) in [5, 5.41) is 2.95. The molecule has 0 bridgehead atoms. The summed E-state index contributed by atoms with van der Waals surface area (Å²) in [5.41, 5.74) is 6.35. The molecule has 3 N–H and O–H groups in total. The van der Waals surface area contributed by atoms with Crippen LogP contribution in [0.4, 0.5) is 0 Å². The highest BCUT2D eigenvalue weighted by Crippen LogP contribution is 2.24. The van der Waals surface area contributed by atoms with E-state index in [0.717, 1.165) is 18.4 Å². The zero-order chi connectivity index (χ0) is 12.7. The molecule has 0 aromatic carbocycles. The van der Waals surface area contributed by atoms with E-state index in [1.54, 1.807) is 12.4 Å². The van der Waals surface area contributed by atoms with Crippen LogP contribution in [0.1, 0.15) is 32.3 Å². The van der Waals surface area contributed by atoms with Crippen LogP contribution in [-0.4, -0.2) is 17.4 Å². The molecule has 1 aromatic rings. The number of nitrogens with one attached hydrogen (secondary N) is 1. The molecule has 1 amide bonds. The molecule has 0 aliphatic rings. The lowest BCUT2D eigenvalue weighted by atomic mass is 9.81. The number of aromatic nitrogens is 1. The third-order valence-corrected chi connectivity index (χ3v) is 3.43. The number of nitrogens with two attached hydrogens (primary N) is 1. The van der Waals surface area contributed by atoms with Crippen molar-refractivity contribution in [3.63, 3.8) is 0 Å². The van der Waals surface area contributed by atoms with Gasteiger partial charge in [-0.2, -0.15) is 0 Å². The Morgan fingerprint density at radius 2 is 1.79 bits per heavy atom. The molecule has 1 heterocycles. The first kappa shape index (κ1) is 20.5. The van der Waals surface area contributed by atoms with Gasteiger partial charge in [0.1, 0.15) is 0 Å². The minimum absolute atomic E-state index is 0. The lowest BCUT2D eigenvalue weighted by Gasteiger charge is -2.28. The fourth-order valence-electron chi connectivity index (χ4n) is 1.82. The standard InChI is InChI=1S/C13H21N3O.2ClH/c1-3-13(4-2,10-14)12(17)16-9-11-5-7-15-8-6-11;;/h5-8H,3-4,9-10,14H2,1-2H3,(H,16,17);2*1H. The van der Waals surface area contributed by atoms with Crippen LogP contribution in [0.25, 0.3) is 0 Å². The van der Waals surface area contributed by atoms with Gasteiger partial charge in [0, 0.05) is 25.5 Å². The molecule has 0 spiro atoms. The molecule has 110 valence electrons. The Morgan fingerprint density at radius 3 is 2.21 bits per heavy atom. The van der Waals surface area contributed by atoms with Crippen LogP contribution in [-0.2, 0) is 11.3 Å². The lowest BCUT2D eigenvalue weighted by Crippen LogP contribution is -2.45. The van der Waals surface area contributed by atoms with Crippen molar-refractivity contribution in [2.24, 2.45) is 11.1 Å². The highest BCUT2D eigenvalue weighted by atomic mass is 35.5. The molecule has 1 rings (SSSR count). The molecular formula is C13H23Cl2N3O. The molecule has 0 radical (unpaired) electrons. The Hall–Kier alpha value is -0.840. The van der Waals surface area contributed by atoms with E-state index in [0.29, 0.717) is 13.1 Å². The van der Waals surface area contributed by atoms with Crippen molar-refractivity contribution < 1.29 is 4.79 Å². The lowest BCUT2D eigenvalue weighted by molar-refractivity contribution is -0.131. The highest BCUT2D eigenvalue weighted by molar-refractivity contribution is 5.85. The topological polar surface area (TPSA) is 68.0 Å². The highest BCUT2D eigenvalue weighted by Gasteiger charge is 2.32. The molecular weight excluding hydrogens is 285 g/mol. The van der Waals surface area contributed by atoms with E-state index < -0.39 is 5.41 Å². The smallest absolute Gasteiger partial charge is 0.227 e. The fourth-order valence-corrected chi connectivity index (χ4v) is 1.82. The molecule has 0 saturated heterocycles. The van der Waals surface area contributed by atoms with Gasteiger partial charge < -0.3 is 11.1 Å². The first-order valence-corrected chi connectivity index (χ1v) is 6.05. The first-order chi connectivity index (χ1) is 8.18. The number of carbonyl (C=O) groups is 1. The number of amides is 1. The maximum absolute atomic E-state index is 12.1. The molecule has 4 nitrogen and oxygen atoms in total. The summed E-state index contributed by atoms with van der Waals surface area (Å²) in [5.74, 6) is 0.0433. The zero-order valence-electron chi connectivity index (χ0n) is 11.4. The molecule has 0 aliphatic heterocycles. The monoisotopic (exact) mass is 307 g/mol. The molecule has 6 heteroatoms. The summed E-state index contributed by atoms with van der Waals surface area (Å²) in [6.45, 7) is 4.93. The normalized spacial score (nSPS) is 10.1. The predicted octanol–water partition coefficient (Wildman–Crippen LogP) is 2.31. The van der Waals surface area contributed by atoms with Gasteiger partial charge in [-0.1, -0.05) is 13.8 Å². The van der Waals surface area contributed by atoms with Gasteiger partial charge in [0.25, 0.3) is 0 Å². The molecule has 0 fully saturated rings. The Labute approximate surface area is 127 Å². The summed E-state index contributed by atoms with van der Waals surface area (Å²) in [4.78, 5) is 16.1. The number of halogens is 2. The number of carbonyl (C=O) groups excluding carboxylic acids is 1. The van der Waals surface area contributed by atoms with Gasteiger partial charge in [0.15, 0.2) is 0 Å². The minimum Gasteiger partial charge on any atom is -0.352 e. The van der Waals surface area contributed by atoms with Gasteiger partial charge in [-0.25, -0.2) is 0 Å². The maximum Gasteiger partial charge on any atom is 0.227 e. The van der Waals surface area contributed by atoms with E-state index in [9.17, 15) is 4.79 Å². The first-order valence-electron chi connectivity index (χ1n) is 6.05. The summed E-state index contributed by atoms with van der Waals surface area (Å²) in [7, 11) is 0. The average Bonchev–Trinajstić information content (AvgIpc) is 2.40. The third-order valence-electron chi connectivity index (χ3n) is 3.43. The number of rotatable bonds is 6. The average molecular weight is 308 g/mol. The van der Waals surface area contributed by atoms with Gasteiger partial charge in [-0.05, 0) is 30.5 Å². The van der Waals surface area contributed by atoms with E-state index in [-0.39, 0.29) is 30.7 Å². The van der Waals surface area contributed by atoms with Crippen molar-refractivity contribution in [2.75, 3.05) is 6.54 Å². The van der Waals surface area contributed by atoms with Gasteiger partial charge >= 0.3 is 0 Å². The summed E-state index contributed by atoms with van der Waals surface area (Å²) in [6.07, 6.45) is 4.97. The van der Waals surface area contributed by atoms with Crippen molar-refractivity contribution >= 4 is 30.7 Å².